The summed E-state index contributed by atoms with van der Waals surface area (Å²) in [5.74, 6) is 3.31. The Bertz CT molecular complexity index is 4370. The second-order valence-corrected chi connectivity index (χ2v) is 26.5. The number of ether oxygens (including phenoxy) is 2. The van der Waals surface area contributed by atoms with Gasteiger partial charge in [0, 0.05) is 45.6 Å². The van der Waals surface area contributed by atoms with E-state index in [0.29, 0.717) is 0 Å². The monoisotopic (exact) mass is 1080 g/mol. The standard InChI is InChI=1S/C78H66B2N2O2/c1-76(2,3)55-33-37-58(38-34-55)81-65-45-56(77(4,5)6)35-39-61(65)79-63-47-64-70(48-69(63)83-71-43-53(41-67(81)73(71)79)49-23-14-10-15-24-49)84-72-44-54(50-25-16-11-17-26-50)42-68-74(72)80(64)62-40-36-57(78(7,8)9)46-66(62)82(68)75-59(51-27-18-12-19-28-51)31-22-32-60(75)52-29-20-13-21-30-52/h10-48H,1-9H3. The van der Waals surface area contributed by atoms with Crippen molar-refractivity contribution >= 4 is 80.3 Å². The van der Waals surface area contributed by atoms with Gasteiger partial charge in [-0.2, -0.15) is 0 Å². The highest BCUT2D eigenvalue weighted by molar-refractivity contribution is 7.02. The number of anilines is 6. The Hall–Kier alpha value is -9.25. The smallest absolute Gasteiger partial charge is 0.256 e. The zero-order valence-corrected chi connectivity index (χ0v) is 49.4. The average molecular weight is 1090 g/mol. The van der Waals surface area contributed by atoms with Crippen LogP contribution in [0.3, 0.4) is 0 Å². The van der Waals surface area contributed by atoms with Crippen LogP contribution < -0.4 is 52.1 Å². The molecule has 0 bridgehead atoms. The molecule has 4 aliphatic rings. The van der Waals surface area contributed by atoms with Crippen molar-refractivity contribution in [2.75, 3.05) is 9.80 Å². The Balaban J connectivity index is 1.00. The Morgan fingerprint density at radius 3 is 1.11 bits per heavy atom. The molecule has 11 aromatic rings. The summed E-state index contributed by atoms with van der Waals surface area (Å²) >= 11 is 0. The minimum Gasteiger partial charge on any atom is -0.458 e. The Morgan fingerprint density at radius 2 is 0.679 bits per heavy atom. The SMILES string of the molecule is CC(C)(C)c1ccc(N2c3cc(C(C)(C)C)ccc3B3c4cc5c(cc4Oc4cc(-c6ccccc6)cc2c43)Oc2cc(-c3ccccc3)cc3c2B5c2ccc(C(C)(C)C)cc2N3c2c(-c3ccccc3)cccc2-c2ccccc2)cc1. The zero-order valence-electron chi connectivity index (χ0n) is 49.4. The van der Waals surface area contributed by atoms with Crippen LogP contribution in [0.2, 0.25) is 0 Å². The first kappa shape index (κ1) is 51.6. The van der Waals surface area contributed by atoms with Crippen molar-refractivity contribution in [2.45, 2.75) is 78.6 Å². The van der Waals surface area contributed by atoms with E-state index in [2.05, 4.69) is 309 Å². The van der Waals surface area contributed by atoms with Crippen LogP contribution in [0.5, 0.6) is 23.0 Å². The molecular weight excluding hydrogens is 1020 g/mol. The summed E-state index contributed by atoms with van der Waals surface area (Å²) in [6.45, 7) is 20.5. The van der Waals surface area contributed by atoms with Gasteiger partial charge in [-0.05, 0) is 148 Å². The first-order chi connectivity index (χ1) is 40.5. The lowest BCUT2D eigenvalue weighted by atomic mass is 9.31. The summed E-state index contributed by atoms with van der Waals surface area (Å²) in [5.41, 5.74) is 26.5. The van der Waals surface area contributed by atoms with E-state index in [9.17, 15) is 0 Å². The van der Waals surface area contributed by atoms with Gasteiger partial charge in [-0.1, -0.05) is 244 Å². The molecule has 0 spiro atoms. The van der Waals surface area contributed by atoms with Gasteiger partial charge in [-0.3, -0.25) is 0 Å². The molecule has 11 aromatic carbocycles. The van der Waals surface area contributed by atoms with E-state index in [4.69, 9.17) is 9.47 Å². The fourth-order valence-electron chi connectivity index (χ4n) is 13.6. The number of nitrogens with zero attached hydrogens (tertiary/aromatic N) is 2. The van der Waals surface area contributed by atoms with Gasteiger partial charge in [-0.25, -0.2) is 0 Å². The Labute approximate surface area is 496 Å². The van der Waals surface area contributed by atoms with Crippen molar-refractivity contribution < 1.29 is 9.47 Å². The molecule has 6 heteroatoms. The van der Waals surface area contributed by atoms with Gasteiger partial charge in [-0.15, -0.1) is 0 Å². The minimum atomic E-state index is -0.191. The summed E-state index contributed by atoms with van der Waals surface area (Å²) in [7, 11) is 0. The number of hydrogen-bond donors (Lipinski definition) is 0. The molecule has 0 atom stereocenters. The molecule has 4 nitrogen and oxygen atoms in total. The van der Waals surface area contributed by atoms with Crippen molar-refractivity contribution in [1.82, 2.24) is 0 Å². The first-order valence-corrected chi connectivity index (χ1v) is 29.8. The van der Waals surface area contributed by atoms with E-state index in [1.165, 1.54) is 38.8 Å². The van der Waals surface area contributed by atoms with Crippen molar-refractivity contribution in [3.05, 3.63) is 253 Å². The highest BCUT2D eigenvalue weighted by atomic mass is 16.5. The predicted octanol–water partition coefficient (Wildman–Crippen LogP) is 17.1. The molecule has 0 unspecified atom stereocenters. The molecular formula is C78H66B2N2O2. The maximum absolute atomic E-state index is 7.56. The van der Waals surface area contributed by atoms with E-state index in [-0.39, 0.29) is 29.7 Å². The fraction of sp³-hybridized carbons (Fsp3) is 0.154. The number of hydrogen-bond acceptors (Lipinski definition) is 4. The van der Waals surface area contributed by atoms with Crippen LogP contribution in [0.15, 0.2) is 237 Å². The van der Waals surface area contributed by atoms with Gasteiger partial charge in [0.25, 0.3) is 13.4 Å². The van der Waals surface area contributed by atoms with Gasteiger partial charge in [0.1, 0.15) is 23.0 Å². The second-order valence-electron chi connectivity index (χ2n) is 26.5. The zero-order chi connectivity index (χ0) is 57.4. The lowest BCUT2D eigenvalue weighted by molar-refractivity contribution is 0.466. The van der Waals surface area contributed by atoms with Crippen LogP contribution >= 0.6 is 0 Å². The third-order valence-corrected chi connectivity index (χ3v) is 18.0. The van der Waals surface area contributed by atoms with Crippen molar-refractivity contribution in [1.29, 1.82) is 0 Å². The fourth-order valence-corrected chi connectivity index (χ4v) is 13.6. The molecule has 84 heavy (non-hydrogen) atoms. The molecule has 0 fully saturated rings. The highest BCUT2D eigenvalue weighted by Gasteiger charge is 2.48. The minimum absolute atomic E-state index is 0.00482. The van der Waals surface area contributed by atoms with E-state index in [1.807, 2.05) is 0 Å². The van der Waals surface area contributed by atoms with E-state index >= 15 is 0 Å². The Morgan fingerprint density at radius 1 is 0.286 bits per heavy atom. The van der Waals surface area contributed by atoms with Gasteiger partial charge in [0.15, 0.2) is 0 Å². The van der Waals surface area contributed by atoms with Crippen LogP contribution in [0.1, 0.15) is 79.0 Å². The molecule has 4 aliphatic heterocycles. The highest BCUT2D eigenvalue weighted by Crippen LogP contribution is 2.52. The predicted molar refractivity (Wildman–Crippen MR) is 356 cm³/mol. The van der Waals surface area contributed by atoms with Gasteiger partial charge in [0.2, 0.25) is 0 Å². The van der Waals surface area contributed by atoms with Crippen LogP contribution in [0.4, 0.5) is 34.1 Å². The molecule has 15 rings (SSSR count). The largest absolute Gasteiger partial charge is 0.458 e. The van der Waals surface area contributed by atoms with Crippen LogP contribution in [0, 0.1) is 0 Å². The summed E-state index contributed by atoms with van der Waals surface area (Å²) in [6, 6.07) is 88.0. The lowest BCUT2D eigenvalue weighted by Gasteiger charge is -2.43. The summed E-state index contributed by atoms with van der Waals surface area (Å²) in [6.07, 6.45) is 0. The molecule has 0 aliphatic carbocycles. The van der Waals surface area contributed by atoms with Gasteiger partial charge < -0.3 is 19.3 Å². The molecule has 4 heterocycles. The Kier molecular flexibility index (Phi) is 11.8. The third kappa shape index (κ3) is 8.43. The molecule has 0 amide bonds. The van der Waals surface area contributed by atoms with Crippen LogP contribution in [0.25, 0.3) is 44.5 Å². The summed E-state index contributed by atoms with van der Waals surface area (Å²) in [4.78, 5) is 5.10. The molecule has 0 N–H and O–H groups in total. The quantitative estimate of drug-likeness (QED) is 0.155. The summed E-state index contributed by atoms with van der Waals surface area (Å²) in [5, 5.41) is 0. The van der Waals surface area contributed by atoms with Crippen LogP contribution in [-0.4, -0.2) is 13.4 Å². The van der Waals surface area contributed by atoms with Gasteiger partial charge in [0.05, 0.1) is 5.69 Å². The number of para-hydroxylation sites is 1. The van der Waals surface area contributed by atoms with E-state index in [0.717, 1.165) is 112 Å². The molecule has 0 radical (unpaired) electrons. The molecule has 0 saturated carbocycles. The first-order valence-electron chi connectivity index (χ1n) is 29.8. The molecule has 0 aromatic heterocycles. The maximum atomic E-state index is 7.56. The average Bonchev–Trinajstić information content (AvgIpc) is 0.844. The third-order valence-electron chi connectivity index (χ3n) is 18.0. The number of benzene rings is 11. The van der Waals surface area contributed by atoms with Crippen LogP contribution in [-0.2, 0) is 16.2 Å². The molecule has 406 valence electrons. The number of rotatable bonds is 6. The maximum Gasteiger partial charge on any atom is 0.256 e. The van der Waals surface area contributed by atoms with Crippen molar-refractivity contribution in [3.8, 4) is 67.5 Å². The summed E-state index contributed by atoms with van der Waals surface area (Å²) < 4.78 is 15.0. The second kappa shape index (κ2) is 19.2. The van der Waals surface area contributed by atoms with Gasteiger partial charge >= 0.3 is 0 Å². The van der Waals surface area contributed by atoms with E-state index in [1.54, 1.807) is 0 Å². The molecule has 0 saturated heterocycles. The topological polar surface area (TPSA) is 24.9 Å². The van der Waals surface area contributed by atoms with Crippen molar-refractivity contribution in [3.63, 3.8) is 0 Å². The normalized spacial score (nSPS) is 13.6. The van der Waals surface area contributed by atoms with Crippen molar-refractivity contribution in [2.24, 2.45) is 0 Å². The number of fused-ring (bicyclic) bond motifs is 8. The van der Waals surface area contributed by atoms with E-state index < -0.39 is 0 Å². The lowest BCUT2D eigenvalue weighted by Crippen LogP contribution is -2.63.